The fourth-order valence-electron chi connectivity index (χ4n) is 2.06. The third-order valence-corrected chi connectivity index (χ3v) is 3.24. The lowest BCUT2D eigenvalue weighted by molar-refractivity contribution is -0.118. The van der Waals surface area contributed by atoms with Crippen molar-refractivity contribution >= 4 is 11.6 Å². The van der Waals surface area contributed by atoms with Gasteiger partial charge in [-0.3, -0.25) is 4.79 Å². The molecule has 3 nitrogen and oxygen atoms in total. The molecule has 0 spiro atoms. The zero-order valence-electron chi connectivity index (χ0n) is 11.5. The van der Waals surface area contributed by atoms with Crippen molar-refractivity contribution in [2.75, 3.05) is 5.32 Å². The van der Waals surface area contributed by atoms with E-state index >= 15 is 0 Å². The number of primary amides is 1. The highest BCUT2D eigenvalue weighted by atomic mass is 19.1. The largest absolute Gasteiger partial charge is 0.370 e. The fraction of sp³-hybridized carbons (Fsp3) is 0.188. The second-order valence-corrected chi connectivity index (χ2v) is 4.80. The number of amides is 1. The number of hydrogen-bond acceptors (Lipinski definition) is 2. The van der Waals surface area contributed by atoms with Crippen LogP contribution < -0.4 is 11.1 Å². The second kappa shape index (κ2) is 5.74. The Bertz CT molecular complexity index is 640. The summed E-state index contributed by atoms with van der Waals surface area (Å²) in [6.07, 6.45) is 0. The number of nitrogens with two attached hydrogens (primary N) is 1. The van der Waals surface area contributed by atoms with E-state index in [2.05, 4.69) is 5.32 Å². The summed E-state index contributed by atoms with van der Waals surface area (Å²) < 4.78 is 13.3. The maximum atomic E-state index is 13.3. The van der Waals surface area contributed by atoms with Gasteiger partial charge in [-0.15, -0.1) is 0 Å². The summed E-state index contributed by atoms with van der Waals surface area (Å²) in [5.74, 6) is -0.799. The summed E-state index contributed by atoms with van der Waals surface area (Å²) in [4.78, 5) is 11.7. The molecule has 2 aromatic rings. The number of rotatable bonds is 4. The van der Waals surface area contributed by atoms with E-state index in [-0.39, 0.29) is 5.82 Å². The second-order valence-electron chi connectivity index (χ2n) is 4.80. The van der Waals surface area contributed by atoms with Gasteiger partial charge in [0.1, 0.15) is 11.9 Å². The highest BCUT2D eigenvalue weighted by molar-refractivity contribution is 5.84. The summed E-state index contributed by atoms with van der Waals surface area (Å²) in [5, 5.41) is 3.11. The maximum absolute atomic E-state index is 13.3. The Morgan fingerprint density at radius 1 is 1.15 bits per heavy atom. The molecular weight excluding hydrogens is 255 g/mol. The standard InChI is InChI=1S/C16H17FN2O/c1-10-5-3-4-6-14(10)19-15(16(18)20)12-7-8-13(17)11(2)9-12/h3-9,15,19H,1-2H3,(H2,18,20). The SMILES string of the molecule is Cc1cc(C(Nc2ccccc2C)C(N)=O)ccc1F. The van der Waals surface area contributed by atoms with E-state index in [1.807, 2.05) is 31.2 Å². The summed E-state index contributed by atoms with van der Waals surface area (Å²) in [6.45, 7) is 3.60. The number of hydrogen-bond donors (Lipinski definition) is 2. The van der Waals surface area contributed by atoms with Gasteiger partial charge in [0.05, 0.1) is 0 Å². The summed E-state index contributed by atoms with van der Waals surface area (Å²) in [6, 6.07) is 11.5. The van der Waals surface area contributed by atoms with E-state index in [0.29, 0.717) is 11.1 Å². The molecule has 0 aliphatic heterocycles. The number of carbonyl (C=O) groups excluding carboxylic acids is 1. The minimum Gasteiger partial charge on any atom is -0.370 e. The van der Waals surface area contributed by atoms with Crippen LogP contribution in [0, 0.1) is 19.7 Å². The lowest BCUT2D eigenvalue weighted by Crippen LogP contribution is -2.28. The van der Waals surface area contributed by atoms with Gasteiger partial charge in [0.2, 0.25) is 5.91 Å². The van der Waals surface area contributed by atoms with Crippen molar-refractivity contribution in [3.63, 3.8) is 0 Å². The van der Waals surface area contributed by atoms with Crippen molar-refractivity contribution in [2.24, 2.45) is 5.73 Å². The molecule has 4 heteroatoms. The Morgan fingerprint density at radius 3 is 2.45 bits per heavy atom. The minimum atomic E-state index is -0.685. The van der Waals surface area contributed by atoms with Crippen molar-refractivity contribution in [3.05, 3.63) is 65.0 Å². The smallest absolute Gasteiger partial charge is 0.244 e. The number of halogens is 1. The van der Waals surface area contributed by atoms with E-state index in [9.17, 15) is 9.18 Å². The Morgan fingerprint density at radius 2 is 1.85 bits per heavy atom. The van der Waals surface area contributed by atoms with E-state index < -0.39 is 11.9 Å². The molecule has 0 aliphatic rings. The monoisotopic (exact) mass is 272 g/mol. The van der Waals surface area contributed by atoms with Gasteiger partial charge in [0.15, 0.2) is 0 Å². The van der Waals surface area contributed by atoms with Crippen LogP contribution in [0.2, 0.25) is 0 Å². The molecule has 0 radical (unpaired) electrons. The number of para-hydroxylation sites is 1. The van der Waals surface area contributed by atoms with Crippen LogP contribution in [0.5, 0.6) is 0 Å². The van der Waals surface area contributed by atoms with Crippen LogP contribution in [0.25, 0.3) is 0 Å². The van der Waals surface area contributed by atoms with Crippen molar-refractivity contribution in [2.45, 2.75) is 19.9 Å². The zero-order valence-corrected chi connectivity index (χ0v) is 11.5. The quantitative estimate of drug-likeness (QED) is 0.898. The molecule has 0 aliphatic carbocycles. The normalized spacial score (nSPS) is 11.9. The molecule has 0 bridgehead atoms. The topological polar surface area (TPSA) is 55.1 Å². The first-order valence-corrected chi connectivity index (χ1v) is 6.36. The third kappa shape index (κ3) is 2.96. The first-order chi connectivity index (χ1) is 9.49. The molecule has 1 amide bonds. The Balaban J connectivity index is 2.34. The van der Waals surface area contributed by atoms with Crippen LogP contribution >= 0.6 is 0 Å². The van der Waals surface area contributed by atoms with Crippen LogP contribution in [0.4, 0.5) is 10.1 Å². The fourth-order valence-corrected chi connectivity index (χ4v) is 2.06. The molecule has 2 rings (SSSR count). The minimum absolute atomic E-state index is 0.298. The Labute approximate surface area is 117 Å². The van der Waals surface area contributed by atoms with Crippen LogP contribution in [-0.2, 0) is 4.79 Å². The molecule has 0 fully saturated rings. The van der Waals surface area contributed by atoms with Crippen molar-refractivity contribution < 1.29 is 9.18 Å². The molecule has 1 atom stereocenters. The summed E-state index contributed by atoms with van der Waals surface area (Å²) in [5.41, 5.74) is 8.44. The Kier molecular flexibility index (Phi) is 4.03. The summed E-state index contributed by atoms with van der Waals surface area (Å²) in [7, 11) is 0. The predicted molar refractivity (Wildman–Crippen MR) is 77.9 cm³/mol. The highest BCUT2D eigenvalue weighted by Gasteiger charge is 2.19. The third-order valence-electron chi connectivity index (χ3n) is 3.24. The number of aryl methyl sites for hydroxylation is 2. The van der Waals surface area contributed by atoms with Crippen molar-refractivity contribution in [1.82, 2.24) is 0 Å². The van der Waals surface area contributed by atoms with E-state index in [4.69, 9.17) is 5.73 Å². The molecule has 2 aromatic carbocycles. The van der Waals surface area contributed by atoms with Crippen LogP contribution in [0.1, 0.15) is 22.7 Å². The lowest BCUT2D eigenvalue weighted by atomic mass is 10.0. The number of benzene rings is 2. The van der Waals surface area contributed by atoms with Gasteiger partial charge >= 0.3 is 0 Å². The predicted octanol–water partition coefficient (Wildman–Crippen LogP) is 3.08. The van der Waals surface area contributed by atoms with E-state index in [1.165, 1.54) is 6.07 Å². The first-order valence-electron chi connectivity index (χ1n) is 6.36. The number of nitrogens with one attached hydrogen (secondary N) is 1. The van der Waals surface area contributed by atoms with Crippen molar-refractivity contribution in [3.8, 4) is 0 Å². The molecule has 104 valence electrons. The van der Waals surface area contributed by atoms with Gasteiger partial charge in [-0.2, -0.15) is 0 Å². The van der Waals surface area contributed by atoms with Crippen LogP contribution in [0.15, 0.2) is 42.5 Å². The number of anilines is 1. The molecule has 20 heavy (non-hydrogen) atoms. The summed E-state index contributed by atoms with van der Waals surface area (Å²) >= 11 is 0. The molecule has 0 saturated carbocycles. The van der Waals surface area contributed by atoms with E-state index in [1.54, 1.807) is 19.1 Å². The zero-order chi connectivity index (χ0) is 14.7. The maximum Gasteiger partial charge on any atom is 0.244 e. The average molecular weight is 272 g/mol. The molecular formula is C16H17FN2O. The van der Waals surface area contributed by atoms with E-state index in [0.717, 1.165) is 11.3 Å². The molecule has 1 unspecified atom stereocenters. The van der Waals surface area contributed by atoms with Gasteiger partial charge in [-0.25, -0.2) is 4.39 Å². The molecule has 0 saturated heterocycles. The van der Waals surface area contributed by atoms with Gasteiger partial charge in [-0.1, -0.05) is 30.3 Å². The van der Waals surface area contributed by atoms with Gasteiger partial charge < -0.3 is 11.1 Å². The average Bonchev–Trinajstić information content (AvgIpc) is 2.41. The highest BCUT2D eigenvalue weighted by Crippen LogP contribution is 2.23. The van der Waals surface area contributed by atoms with Crippen molar-refractivity contribution in [1.29, 1.82) is 0 Å². The lowest BCUT2D eigenvalue weighted by Gasteiger charge is -2.19. The molecule has 3 N–H and O–H groups in total. The van der Waals surface area contributed by atoms with Gasteiger partial charge in [0, 0.05) is 5.69 Å². The van der Waals surface area contributed by atoms with Crippen LogP contribution in [0.3, 0.4) is 0 Å². The van der Waals surface area contributed by atoms with Gasteiger partial charge in [0.25, 0.3) is 0 Å². The molecule has 0 aromatic heterocycles. The van der Waals surface area contributed by atoms with Gasteiger partial charge in [-0.05, 0) is 42.7 Å². The van der Waals surface area contributed by atoms with Crippen LogP contribution in [-0.4, -0.2) is 5.91 Å². The Hall–Kier alpha value is -2.36. The first kappa shape index (κ1) is 14.1. The number of carbonyl (C=O) groups is 1. The molecule has 0 heterocycles.